The van der Waals surface area contributed by atoms with Gasteiger partial charge in [-0.25, -0.2) is 13.7 Å². The van der Waals surface area contributed by atoms with Crippen LogP contribution in [0.3, 0.4) is 0 Å². The molecule has 0 spiro atoms. The van der Waals surface area contributed by atoms with Crippen molar-refractivity contribution in [1.29, 1.82) is 0 Å². The molecule has 0 saturated heterocycles. The maximum absolute atomic E-state index is 8.58. The molecular weight excluding hydrogens is 839 g/mol. The Morgan fingerprint density at radius 2 is 0.986 bits per heavy atom. The molecule has 9 aromatic rings. The van der Waals surface area contributed by atoms with E-state index in [1.54, 1.807) is 31.2 Å². The normalized spacial score (nSPS) is 15.3. The van der Waals surface area contributed by atoms with Gasteiger partial charge in [0, 0.05) is 66.1 Å². The molecule has 5 heterocycles. The molecule has 9 rings (SSSR count). The molecule has 348 valence electrons. The van der Waals surface area contributed by atoms with E-state index in [0.717, 1.165) is 68.6 Å². The Kier molecular flexibility index (Phi) is 12.3. The second kappa shape index (κ2) is 22.6. The van der Waals surface area contributed by atoms with Crippen LogP contribution in [0, 0.1) is 40.5 Å². The third-order valence-electron chi connectivity index (χ3n) is 12.2. The summed E-state index contributed by atoms with van der Waals surface area (Å²) in [6.45, 7) is 7.36. The van der Waals surface area contributed by atoms with E-state index in [9.17, 15) is 0 Å². The predicted molar refractivity (Wildman–Crippen MR) is 287 cm³/mol. The van der Waals surface area contributed by atoms with Crippen molar-refractivity contribution >= 4 is 0 Å². The van der Waals surface area contributed by atoms with Crippen LogP contribution in [0.25, 0.3) is 67.4 Å². The molecule has 0 bridgehead atoms. The topological polar surface area (TPSA) is 37.4 Å². The molecule has 0 radical (unpaired) electrons. The van der Waals surface area contributed by atoms with E-state index in [2.05, 4.69) is 121 Å². The Morgan fingerprint density at radius 3 is 1.51 bits per heavy atom. The van der Waals surface area contributed by atoms with Gasteiger partial charge in [-0.1, -0.05) is 112 Å². The van der Waals surface area contributed by atoms with Gasteiger partial charge in [0.2, 0.25) is 17.1 Å². The van der Waals surface area contributed by atoms with Crippen molar-refractivity contribution in [3.8, 4) is 67.4 Å². The Bertz CT molecular complexity index is 3640. The van der Waals surface area contributed by atoms with Gasteiger partial charge in [-0.15, -0.1) is 0 Å². The minimum absolute atomic E-state index is 0.226. The summed E-state index contributed by atoms with van der Waals surface area (Å²) in [7, 11) is 6.04. The molecule has 4 aromatic carbocycles. The van der Waals surface area contributed by atoms with E-state index in [1.165, 1.54) is 29.3 Å². The highest BCUT2D eigenvalue weighted by Crippen LogP contribution is 2.29. The number of hydrogen-bond donors (Lipinski definition) is 0. The first-order valence-corrected chi connectivity index (χ1v) is 23.2. The molecule has 2 unspecified atom stereocenters. The van der Waals surface area contributed by atoms with Gasteiger partial charge >= 0.3 is 0 Å². The first-order valence-electron chi connectivity index (χ1n) is 28.2. The fraction of sp³-hybridized carbons (Fsp3) is 0.234. The summed E-state index contributed by atoms with van der Waals surface area (Å²) in [5.74, 6) is -4.05. The summed E-state index contributed by atoms with van der Waals surface area (Å²) in [5.41, 5.74) is 18.0. The lowest BCUT2D eigenvalue weighted by Crippen LogP contribution is -2.30. The van der Waals surface area contributed by atoms with Crippen LogP contribution in [-0.2, 0) is 27.5 Å². The number of pyridine rings is 5. The summed E-state index contributed by atoms with van der Waals surface area (Å²) >= 11 is 0. The molecule has 0 aliphatic carbocycles. The zero-order chi connectivity index (χ0) is 57.8. The summed E-state index contributed by atoms with van der Waals surface area (Å²) in [4.78, 5) is 9.07. The van der Waals surface area contributed by atoms with E-state index in [0.29, 0.717) is 11.3 Å². The van der Waals surface area contributed by atoms with Gasteiger partial charge in [0.25, 0.3) is 0 Å². The fourth-order valence-electron chi connectivity index (χ4n) is 8.32. The third kappa shape index (κ3) is 12.4. The number of aryl methyl sites for hydroxylation is 8. The first kappa shape index (κ1) is 37.6. The minimum Gasteiger partial charge on any atom is -0.253 e. The second-order valence-electron chi connectivity index (χ2n) is 17.7. The second-order valence-corrected chi connectivity index (χ2v) is 17.7. The number of rotatable bonds is 9. The molecule has 0 fully saturated rings. The van der Waals surface area contributed by atoms with Crippen LogP contribution in [-0.4, -0.2) is 9.97 Å². The van der Waals surface area contributed by atoms with Gasteiger partial charge < -0.3 is 0 Å². The molecule has 5 heteroatoms. The summed E-state index contributed by atoms with van der Waals surface area (Å²) in [5, 5.41) is 0. The third-order valence-corrected chi connectivity index (χ3v) is 12.2. The van der Waals surface area contributed by atoms with Crippen LogP contribution in [0.15, 0.2) is 182 Å². The zero-order valence-electron chi connectivity index (χ0n) is 51.6. The first-order chi connectivity index (χ1) is 37.0. The maximum Gasteiger partial charge on any atom is 0.213 e. The summed E-state index contributed by atoms with van der Waals surface area (Å²) in [6.07, 6.45) is 3.72. The summed E-state index contributed by atoms with van der Waals surface area (Å²) < 4.78 is 86.0. The SMILES string of the molecule is Cc1cccc(-c2ccc(-c3ccccc3C)[n+](C)c2)n1.[2H]C([2H])([2H])C([2H])(C)C([2H])([2H])c1cc(-c2cc[n+](C)c(-c3ccccc3C)c2)ccc1C.[2H]C([2H])([2H])C([2H])(C)c1cccc(-c2ccc(-c3ccccc3C)[n+](C)c2)n1. The van der Waals surface area contributed by atoms with Crippen LogP contribution in [0.5, 0.6) is 0 Å². The van der Waals surface area contributed by atoms with Crippen molar-refractivity contribution in [2.24, 2.45) is 27.0 Å². The minimum atomic E-state index is -2.77. The quantitative estimate of drug-likeness (QED) is 0.135. The van der Waals surface area contributed by atoms with E-state index < -0.39 is 31.9 Å². The Hall–Kier alpha value is -7.37. The van der Waals surface area contributed by atoms with Gasteiger partial charge in [-0.3, -0.25) is 9.97 Å². The molecule has 0 aliphatic heterocycles. The van der Waals surface area contributed by atoms with Crippen LogP contribution in [0.2, 0.25) is 0 Å². The molecule has 2 atom stereocenters. The standard InChI is InChI=1S/C24H28N.C21H23N2.C19H19N2/c1-17(2)14-22-15-20(11-10-18(22)3)21-12-13-25(5)24(16-21)23-9-7-6-8-19(23)4;1-15(2)19-10-7-11-20(22-19)17-12-13-21(23(4)14-17)18-9-6-5-8-16(18)3;1-14-7-4-5-9-17(14)19-12-11-16(13-21(19)3)18-10-6-8-15(2)20-18/h6-13,15-17H,14H2,1-5H3;5-15H,1-4H3;4-13H,1-3H3/q3*+1/i1D3,14D2,17D;1D3,15D;. The average Bonchev–Trinajstić information content (AvgIpc) is 3.46. The van der Waals surface area contributed by atoms with Gasteiger partial charge in [0.1, 0.15) is 21.1 Å². The highest BCUT2D eigenvalue weighted by atomic mass is 14.9. The molecule has 69 heavy (non-hydrogen) atoms. The maximum atomic E-state index is 8.58. The molecule has 0 saturated carbocycles. The predicted octanol–water partition coefficient (Wildman–Crippen LogP) is 14.2. The molecule has 0 amide bonds. The van der Waals surface area contributed by atoms with E-state index in [1.807, 2.05) is 109 Å². The Balaban J connectivity index is 0.000000174. The van der Waals surface area contributed by atoms with E-state index in [-0.39, 0.29) is 11.3 Å². The highest BCUT2D eigenvalue weighted by Gasteiger charge is 2.17. The Morgan fingerprint density at radius 1 is 0.478 bits per heavy atom. The molecule has 0 aliphatic rings. The van der Waals surface area contributed by atoms with E-state index in [4.69, 9.17) is 13.7 Å². The van der Waals surface area contributed by atoms with Crippen LogP contribution in [0.1, 0.15) is 86.4 Å². The zero-order valence-corrected chi connectivity index (χ0v) is 41.6. The van der Waals surface area contributed by atoms with Crippen molar-refractivity contribution in [3.05, 3.63) is 222 Å². The number of nitrogens with zero attached hydrogens (tertiary/aromatic N) is 5. The average molecular weight is 919 g/mol. The van der Waals surface area contributed by atoms with Gasteiger partial charge in [-0.2, -0.15) is 0 Å². The van der Waals surface area contributed by atoms with Crippen molar-refractivity contribution in [3.63, 3.8) is 0 Å². The van der Waals surface area contributed by atoms with Gasteiger partial charge in [0.05, 0.1) is 22.5 Å². The molecule has 5 aromatic heterocycles. The lowest BCUT2D eigenvalue weighted by Gasteiger charge is -2.12. The van der Waals surface area contributed by atoms with Crippen molar-refractivity contribution in [2.45, 2.75) is 74.4 Å². The van der Waals surface area contributed by atoms with Crippen LogP contribution in [0.4, 0.5) is 0 Å². The highest BCUT2D eigenvalue weighted by molar-refractivity contribution is 5.71. The van der Waals surface area contributed by atoms with Crippen molar-refractivity contribution in [2.75, 3.05) is 0 Å². The Labute approximate surface area is 426 Å². The number of aromatic nitrogens is 5. The van der Waals surface area contributed by atoms with E-state index >= 15 is 0 Å². The van der Waals surface area contributed by atoms with Gasteiger partial charge in [0.15, 0.2) is 18.6 Å². The van der Waals surface area contributed by atoms with Crippen LogP contribution < -0.4 is 13.7 Å². The van der Waals surface area contributed by atoms with Crippen LogP contribution >= 0.6 is 0 Å². The lowest BCUT2D eigenvalue weighted by atomic mass is 9.94. The van der Waals surface area contributed by atoms with Crippen molar-refractivity contribution in [1.82, 2.24) is 9.97 Å². The lowest BCUT2D eigenvalue weighted by molar-refractivity contribution is -0.660. The van der Waals surface area contributed by atoms with Crippen molar-refractivity contribution < 1.29 is 27.4 Å². The molecule has 5 nitrogen and oxygen atoms in total. The fourth-order valence-corrected chi connectivity index (χ4v) is 8.32. The smallest absolute Gasteiger partial charge is 0.213 e. The number of hydrogen-bond acceptors (Lipinski definition) is 2. The molecular formula is C64H70N5+3. The number of benzene rings is 4. The monoisotopic (exact) mass is 919 g/mol. The largest absolute Gasteiger partial charge is 0.253 e. The molecule has 0 N–H and O–H groups in total. The summed E-state index contributed by atoms with van der Waals surface area (Å²) in [6, 6.07) is 53.8. The van der Waals surface area contributed by atoms with Gasteiger partial charge in [-0.05, 0) is 146 Å².